The summed E-state index contributed by atoms with van der Waals surface area (Å²) in [6.45, 7) is 3.82. The number of fused-ring (bicyclic) bond motifs is 4. The molecular weight excluding hydrogens is 431 g/mol. The van der Waals surface area contributed by atoms with Gasteiger partial charge in [0.1, 0.15) is 11.3 Å². The van der Waals surface area contributed by atoms with Crippen LogP contribution in [0.1, 0.15) is 53.4 Å². The Kier molecular flexibility index (Phi) is 4.46. The topological polar surface area (TPSA) is 76.5 Å². The van der Waals surface area contributed by atoms with Crippen molar-refractivity contribution in [2.75, 3.05) is 12.8 Å². The summed E-state index contributed by atoms with van der Waals surface area (Å²) in [5, 5.41) is 0. The van der Waals surface area contributed by atoms with Gasteiger partial charge in [-0.2, -0.15) is 13.2 Å². The minimum absolute atomic E-state index is 0.226. The predicted octanol–water partition coefficient (Wildman–Crippen LogP) is 4.98. The first-order valence-electron chi connectivity index (χ1n) is 10.5. The quantitative estimate of drug-likeness (QED) is 0.465. The smallest absolute Gasteiger partial charge is 0.382 e. The molecule has 0 aliphatic heterocycles. The van der Waals surface area contributed by atoms with Crippen LogP contribution in [-0.2, 0) is 11.6 Å². The molecule has 0 fully saturated rings. The Hall–Kier alpha value is -3.62. The van der Waals surface area contributed by atoms with Gasteiger partial charge >= 0.3 is 6.18 Å². The van der Waals surface area contributed by atoms with Gasteiger partial charge in [0, 0.05) is 12.6 Å². The van der Waals surface area contributed by atoms with Crippen LogP contribution in [0.2, 0.25) is 0 Å². The van der Waals surface area contributed by atoms with Crippen LogP contribution in [0, 0.1) is 0 Å². The average molecular weight is 453 g/mol. The van der Waals surface area contributed by atoms with Crippen molar-refractivity contribution in [1.82, 2.24) is 19.3 Å². The minimum Gasteiger partial charge on any atom is -0.382 e. The molecule has 5 rings (SSSR count). The molecule has 1 atom stereocenters. The van der Waals surface area contributed by atoms with E-state index >= 15 is 0 Å². The van der Waals surface area contributed by atoms with E-state index in [0.29, 0.717) is 39.9 Å². The van der Waals surface area contributed by atoms with Crippen LogP contribution < -0.4 is 5.73 Å². The number of carbonyl (C=O) groups excluding carboxylic acids is 1. The third-order valence-corrected chi connectivity index (χ3v) is 6.58. The first kappa shape index (κ1) is 21.2. The molecule has 1 aliphatic rings. The van der Waals surface area contributed by atoms with Crippen LogP contribution in [0.25, 0.3) is 16.6 Å². The number of carbonyl (C=O) groups is 1. The normalized spacial score (nSPS) is 17.5. The van der Waals surface area contributed by atoms with Crippen LogP contribution in [0.15, 0.2) is 48.9 Å². The van der Waals surface area contributed by atoms with Crippen LogP contribution >= 0.6 is 0 Å². The molecule has 0 spiro atoms. The molecule has 1 aliphatic carbocycles. The summed E-state index contributed by atoms with van der Waals surface area (Å²) in [5.41, 5.74) is 8.61. The number of nitrogen functional groups attached to an aromatic ring is 1. The molecule has 33 heavy (non-hydrogen) atoms. The van der Waals surface area contributed by atoms with Gasteiger partial charge in [-0.05, 0) is 53.3 Å². The molecular formula is C24H22F3N5O. The average Bonchev–Trinajstić information content (AvgIpc) is 3.35. The first-order valence-corrected chi connectivity index (χ1v) is 10.5. The van der Waals surface area contributed by atoms with Crippen molar-refractivity contribution in [3.8, 4) is 0 Å². The maximum absolute atomic E-state index is 13.4. The number of aromatic nitrogens is 3. The van der Waals surface area contributed by atoms with Crippen LogP contribution in [0.5, 0.6) is 0 Å². The number of amides is 1. The van der Waals surface area contributed by atoms with Crippen molar-refractivity contribution in [3.63, 3.8) is 0 Å². The number of hydrogen-bond acceptors (Lipinski definition) is 4. The van der Waals surface area contributed by atoms with E-state index < -0.39 is 17.2 Å². The van der Waals surface area contributed by atoms with Gasteiger partial charge in [0.05, 0.1) is 35.2 Å². The third-order valence-electron chi connectivity index (χ3n) is 6.58. The first-order chi connectivity index (χ1) is 15.5. The highest BCUT2D eigenvalue weighted by atomic mass is 19.4. The standard InChI is InChI=1S/C24H22F3N5O/c1-23(2)10-19(15-6-5-14(9-16(15)23)24(25,26)27)31(3)22(33)13-4-7-17-18(8-13)32-12-29-11-20(32)21(28)30-17/h4-9,11-12,19H,10H2,1-3H3,(H2,28,30)/t19-/m1/s1. The second-order valence-electron chi connectivity index (χ2n) is 9.17. The van der Waals surface area contributed by atoms with Crippen molar-refractivity contribution in [2.24, 2.45) is 0 Å². The van der Waals surface area contributed by atoms with E-state index in [-0.39, 0.29) is 11.9 Å². The molecule has 9 heteroatoms. The van der Waals surface area contributed by atoms with Gasteiger partial charge in [-0.3, -0.25) is 9.20 Å². The fourth-order valence-corrected chi connectivity index (χ4v) is 4.81. The van der Waals surface area contributed by atoms with E-state index in [0.717, 1.165) is 11.6 Å². The lowest BCUT2D eigenvalue weighted by Gasteiger charge is -2.27. The predicted molar refractivity (Wildman–Crippen MR) is 119 cm³/mol. The summed E-state index contributed by atoms with van der Waals surface area (Å²) in [7, 11) is 1.69. The van der Waals surface area contributed by atoms with Crippen LogP contribution in [0.4, 0.5) is 19.0 Å². The van der Waals surface area contributed by atoms with Gasteiger partial charge in [-0.15, -0.1) is 0 Å². The Bertz CT molecular complexity index is 1420. The molecule has 170 valence electrons. The van der Waals surface area contributed by atoms with Gasteiger partial charge < -0.3 is 10.6 Å². The van der Waals surface area contributed by atoms with Gasteiger partial charge in [-0.25, -0.2) is 9.97 Å². The van der Waals surface area contributed by atoms with E-state index in [2.05, 4.69) is 9.97 Å². The molecule has 4 aromatic rings. The van der Waals surface area contributed by atoms with Crippen molar-refractivity contribution in [2.45, 2.75) is 37.9 Å². The molecule has 0 radical (unpaired) electrons. The van der Waals surface area contributed by atoms with Gasteiger partial charge in [0.15, 0.2) is 0 Å². The highest BCUT2D eigenvalue weighted by Crippen LogP contribution is 2.48. The maximum Gasteiger partial charge on any atom is 0.416 e. The molecule has 2 N–H and O–H groups in total. The highest BCUT2D eigenvalue weighted by Gasteiger charge is 2.42. The number of hydrogen-bond donors (Lipinski definition) is 1. The third kappa shape index (κ3) is 3.30. The number of anilines is 1. The number of halogens is 3. The lowest BCUT2D eigenvalue weighted by Crippen LogP contribution is -2.31. The summed E-state index contributed by atoms with van der Waals surface area (Å²) < 4.78 is 41.6. The number of nitrogens with two attached hydrogens (primary N) is 1. The maximum atomic E-state index is 13.4. The molecule has 2 heterocycles. The Morgan fingerprint density at radius 1 is 1.18 bits per heavy atom. The molecule has 1 amide bonds. The Balaban J connectivity index is 1.53. The zero-order valence-corrected chi connectivity index (χ0v) is 18.3. The second kappa shape index (κ2) is 6.94. The molecule has 2 aromatic carbocycles. The lowest BCUT2D eigenvalue weighted by atomic mass is 9.85. The van der Waals surface area contributed by atoms with E-state index in [1.54, 1.807) is 47.1 Å². The summed E-state index contributed by atoms with van der Waals surface area (Å²) in [4.78, 5) is 23.5. The number of rotatable bonds is 2. The number of benzene rings is 2. The highest BCUT2D eigenvalue weighted by molar-refractivity contribution is 5.98. The largest absolute Gasteiger partial charge is 0.416 e. The second-order valence-corrected chi connectivity index (χ2v) is 9.17. The van der Waals surface area contributed by atoms with Crippen LogP contribution in [-0.4, -0.2) is 32.2 Å². The van der Waals surface area contributed by atoms with E-state index in [1.165, 1.54) is 12.1 Å². The number of alkyl halides is 3. The summed E-state index contributed by atoms with van der Waals surface area (Å²) >= 11 is 0. The lowest BCUT2D eigenvalue weighted by molar-refractivity contribution is -0.137. The Labute approximate surface area is 187 Å². The molecule has 0 saturated carbocycles. The molecule has 0 unspecified atom stereocenters. The van der Waals surface area contributed by atoms with E-state index in [1.807, 2.05) is 13.8 Å². The number of nitrogens with zero attached hydrogens (tertiary/aromatic N) is 4. The van der Waals surface area contributed by atoms with Crippen LogP contribution in [0.3, 0.4) is 0 Å². The monoisotopic (exact) mass is 453 g/mol. The molecule has 0 bridgehead atoms. The van der Waals surface area contributed by atoms with Crippen molar-refractivity contribution < 1.29 is 18.0 Å². The fraction of sp³-hybridized carbons (Fsp3) is 0.292. The van der Waals surface area contributed by atoms with E-state index in [9.17, 15) is 18.0 Å². The SMILES string of the molecule is CN(C(=O)c1ccc2nc(N)c3cncn3c2c1)[C@@H]1CC(C)(C)c2cc(C(F)(F)F)ccc21. The van der Waals surface area contributed by atoms with Crippen molar-refractivity contribution in [1.29, 1.82) is 0 Å². The Morgan fingerprint density at radius 3 is 2.67 bits per heavy atom. The number of imidazole rings is 1. The zero-order valence-electron chi connectivity index (χ0n) is 18.3. The Morgan fingerprint density at radius 2 is 1.94 bits per heavy atom. The summed E-state index contributed by atoms with van der Waals surface area (Å²) in [5.74, 6) is 0.120. The van der Waals surface area contributed by atoms with Gasteiger partial charge in [-0.1, -0.05) is 19.9 Å². The van der Waals surface area contributed by atoms with Gasteiger partial charge in [0.25, 0.3) is 5.91 Å². The van der Waals surface area contributed by atoms with Gasteiger partial charge in [0.2, 0.25) is 0 Å². The van der Waals surface area contributed by atoms with E-state index in [4.69, 9.17) is 5.73 Å². The zero-order chi connectivity index (χ0) is 23.7. The molecule has 6 nitrogen and oxygen atoms in total. The molecule has 2 aromatic heterocycles. The van der Waals surface area contributed by atoms with Crippen molar-refractivity contribution >= 4 is 28.3 Å². The summed E-state index contributed by atoms with van der Waals surface area (Å²) in [6, 6.07) is 8.63. The minimum atomic E-state index is -4.41. The van der Waals surface area contributed by atoms with Crippen molar-refractivity contribution in [3.05, 3.63) is 71.2 Å². The molecule has 0 saturated heterocycles. The summed E-state index contributed by atoms with van der Waals surface area (Å²) in [6.07, 6.45) is -0.661. The fourth-order valence-electron chi connectivity index (χ4n) is 4.81.